The fraction of sp³-hybridized carbons (Fsp3) is 0.318. The molecular formula is C22H23N3O3. The van der Waals surface area contributed by atoms with Crippen LogP contribution in [0.4, 0.5) is 0 Å². The highest BCUT2D eigenvalue weighted by atomic mass is 16.3. The van der Waals surface area contributed by atoms with Crippen molar-refractivity contribution in [2.75, 3.05) is 0 Å². The van der Waals surface area contributed by atoms with Gasteiger partial charge < -0.3 is 15.1 Å². The number of furan rings is 1. The van der Waals surface area contributed by atoms with Crippen LogP contribution in [0.3, 0.4) is 0 Å². The smallest absolute Gasteiger partial charge is 0.220 e. The van der Waals surface area contributed by atoms with E-state index in [1.807, 2.05) is 42.5 Å². The molecule has 28 heavy (non-hydrogen) atoms. The van der Waals surface area contributed by atoms with Crippen molar-refractivity contribution in [1.82, 2.24) is 15.6 Å². The molecule has 1 unspecified atom stereocenters. The van der Waals surface area contributed by atoms with E-state index in [0.717, 1.165) is 22.2 Å². The summed E-state index contributed by atoms with van der Waals surface area (Å²) in [6, 6.07) is 13.7. The predicted molar refractivity (Wildman–Crippen MR) is 105 cm³/mol. The van der Waals surface area contributed by atoms with Crippen LogP contribution < -0.4 is 10.6 Å². The monoisotopic (exact) mass is 377 g/mol. The molecule has 0 saturated carbocycles. The summed E-state index contributed by atoms with van der Waals surface area (Å²) < 4.78 is 5.44. The highest BCUT2D eigenvalue weighted by Gasteiger charge is 2.38. The molecule has 1 aliphatic heterocycles. The summed E-state index contributed by atoms with van der Waals surface area (Å²) in [5.41, 5.74) is 1.50. The number of fused-ring (bicyclic) bond motifs is 1. The number of nitrogens with zero attached hydrogens (tertiary/aromatic N) is 1. The quantitative estimate of drug-likeness (QED) is 0.663. The van der Waals surface area contributed by atoms with Gasteiger partial charge in [-0.15, -0.1) is 0 Å². The summed E-state index contributed by atoms with van der Waals surface area (Å²) in [6.45, 7) is 0.439. The molecule has 1 atom stereocenters. The topological polar surface area (TPSA) is 84.2 Å². The van der Waals surface area contributed by atoms with Crippen LogP contribution in [0, 0.1) is 0 Å². The molecule has 6 heteroatoms. The molecule has 144 valence electrons. The fourth-order valence-electron chi connectivity index (χ4n) is 3.78. The molecule has 2 N–H and O–H groups in total. The number of hydrogen-bond donors (Lipinski definition) is 2. The van der Waals surface area contributed by atoms with Gasteiger partial charge in [-0.2, -0.15) is 0 Å². The molecule has 2 amide bonds. The summed E-state index contributed by atoms with van der Waals surface area (Å²) in [6.07, 6.45) is 6.17. The van der Waals surface area contributed by atoms with Gasteiger partial charge in [0.05, 0.1) is 11.8 Å². The highest BCUT2D eigenvalue weighted by molar-refractivity contribution is 5.81. The lowest BCUT2D eigenvalue weighted by Gasteiger charge is -2.28. The van der Waals surface area contributed by atoms with Gasteiger partial charge in [-0.1, -0.05) is 18.2 Å². The van der Waals surface area contributed by atoms with Crippen LogP contribution in [-0.4, -0.2) is 22.3 Å². The lowest BCUT2D eigenvalue weighted by atomic mass is 9.87. The van der Waals surface area contributed by atoms with E-state index in [-0.39, 0.29) is 11.8 Å². The summed E-state index contributed by atoms with van der Waals surface area (Å²) in [5, 5.41) is 7.08. The Balaban J connectivity index is 1.33. The number of rotatable bonds is 7. The van der Waals surface area contributed by atoms with E-state index in [4.69, 9.17) is 4.42 Å². The molecule has 3 heterocycles. The van der Waals surface area contributed by atoms with Gasteiger partial charge in [0.25, 0.3) is 0 Å². The molecule has 1 aliphatic rings. The van der Waals surface area contributed by atoms with Crippen molar-refractivity contribution in [3.8, 4) is 0 Å². The Morgan fingerprint density at radius 3 is 2.93 bits per heavy atom. The van der Waals surface area contributed by atoms with Crippen molar-refractivity contribution in [3.63, 3.8) is 0 Å². The third-order valence-electron chi connectivity index (χ3n) is 5.30. The Kier molecular flexibility index (Phi) is 5.10. The van der Waals surface area contributed by atoms with Gasteiger partial charge in [-0.05, 0) is 42.7 Å². The van der Waals surface area contributed by atoms with Crippen molar-refractivity contribution < 1.29 is 14.0 Å². The largest absolute Gasteiger partial charge is 0.469 e. The minimum absolute atomic E-state index is 0.0341. The molecule has 3 aromatic rings. The third kappa shape index (κ3) is 4.22. The lowest BCUT2D eigenvalue weighted by Crippen LogP contribution is -2.44. The molecule has 0 bridgehead atoms. The first-order chi connectivity index (χ1) is 13.6. The fourth-order valence-corrected chi connectivity index (χ4v) is 3.78. The Morgan fingerprint density at radius 1 is 1.25 bits per heavy atom. The van der Waals surface area contributed by atoms with Crippen LogP contribution in [0.2, 0.25) is 0 Å². The van der Waals surface area contributed by atoms with Crippen LogP contribution in [0.1, 0.15) is 37.0 Å². The maximum atomic E-state index is 12.4. The number of carbonyl (C=O) groups excluding carboxylic acids is 2. The van der Waals surface area contributed by atoms with E-state index in [1.54, 1.807) is 12.5 Å². The average molecular weight is 377 g/mol. The number of benzene rings is 1. The number of amides is 2. The van der Waals surface area contributed by atoms with Gasteiger partial charge in [-0.3, -0.25) is 14.6 Å². The first-order valence-electron chi connectivity index (χ1n) is 9.56. The minimum atomic E-state index is -0.406. The maximum absolute atomic E-state index is 12.4. The SMILES string of the molecule is O=C(CCC1(Cc2ccco2)CCC(=O)N1)NCc1cnc2ccccc2c1. The zero-order chi connectivity index (χ0) is 19.4. The summed E-state index contributed by atoms with van der Waals surface area (Å²) in [4.78, 5) is 28.6. The van der Waals surface area contributed by atoms with E-state index < -0.39 is 5.54 Å². The average Bonchev–Trinajstić information content (AvgIpc) is 3.35. The molecule has 6 nitrogen and oxygen atoms in total. The molecule has 1 fully saturated rings. The van der Waals surface area contributed by atoms with Crippen LogP contribution in [-0.2, 0) is 22.6 Å². The zero-order valence-electron chi connectivity index (χ0n) is 15.6. The molecule has 1 aromatic carbocycles. The lowest BCUT2D eigenvalue weighted by molar-refractivity contribution is -0.122. The molecule has 1 saturated heterocycles. The molecule has 2 aromatic heterocycles. The van der Waals surface area contributed by atoms with Crippen LogP contribution in [0.15, 0.2) is 59.3 Å². The van der Waals surface area contributed by atoms with Crippen LogP contribution >= 0.6 is 0 Å². The number of aromatic nitrogens is 1. The zero-order valence-corrected chi connectivity index (χ0v) is 15.6. The number of pyridine rings is 1. The first-order valence-corrected chi connectivity index (χ1v) is 9.56. The Labute approximate surface area is 163 Å². The Hall–Kier alpha value is -3.15. The van der Waals surface area contributed by atoms with E-state index in [9.17, 15) is 9.59 Å². The van der Waals surface area contributed by atoms with Crippen molar-refractivity contribution in [1.29, 1.82) is 0 Å². The number of carbonyl (C=O) groups is 2. The van der Waals surface area contributed by atoms with Crippen LogP contribution in [0.5, 0.6) is 0 Å². The van der Waals surface area contributed by atoms with Crippen molar-refractivity contribution in [2.45, 2.75) is 44.2 Å². The van der Waals surface area contributed by atoms with E-state index in [1.165, 1.54) is 0 Å². The summed E-state index contributed by atoms with van der Waals surface area (Å²) in [7, 11) is 0. The Bertz CT molecular complexity index is 984. The van der Waals surface area contributed by atoms with Gasteiger partial charge in [0.1, 0.15) is 5.76 Å². The second-order valence-corrected chi connectivity index (χ2v) is 7.40. The normalized spacial score (nSPS) is 18.9. The van der Waals surface area contributed by atoms with E-state index in [0.29, 0.717) is 38.6 Å². The van der Waals surface area contributed by atoms with Gasteiger partial charge in [0.15, 0.2) is 0 Å². The molecular weight excluding hydrogens is 354 g/mol. The molecule has 0 spiro atoms. The first kappa shape index (κ1) is 18.2. The Morgan fingerprint density at radius 2 is 2.14 bits per heavy atom. The second kappa shape index (κ2) is 7.84. The minimum Gasteiger partial charge on any atom is -0.469 e. The second-order valence-electron chi connectivity index (χ2n) is 7.40. The number of nitrogens with one attached hydrogen (secondary N) is 2. The molecule has 4 rings (SSSR count). The molecule has 0 radical (unpaired) electrons. The molecule has 0 aliphatic carbocycles. The van der Waals surface area contributed by atoms with E-state index in [2.05, 4.69) is 15.6 Å². The van der Waals surface area contributed by atoms with Gasteiger partial charge in [-0.25, -0.2) is 0 Å². The summed E-state index contributed by atoms with van der Waals surface area (Å²) >= 11 is 0. The number of para-hydroxylation sites is 1. The summed E-state index contributed by atoms with van der Waals surface area (Å²) in [5.74, 6) is 0.826. The van der Waals surface area contributed by atoms with Crippen molar-refractivity contribution in [2.24, 2.45) is 0 Å². The van der Waals surface area contributed by atoms with Crippen molar-refractivity contribution >= 4 is 22.7 Å². The van der Waals surface area contributed by atoms with E-state index >= 15 is 0 Å². The third-order valence-corrected chi connectivity index (χ3v) is 5.30. The van der Waals surface area contributed by atoms with Gasteiger partial charge >= 0.3 is 0 Å². The maximum Gasteiger partial charge on any atom is 0.220 e. The standard InChI is InChI=1S/C22H23N3O3/c26-20(24-15-16-12-17-4-1-2-6-19(17)23-14-16)7-9-22(10-8-21(27)25-22)13-18-5-3-11-28-18/h1-6,11-12,14H,7-10,13,15H2,(H,24,26)(H,25,27). The number of hydrogen-bond acceptors (Lipinski definition) is 4. The van der Waals surface area contributed by atoms with Crippen molar-refractivity contribution in [3.05, 3.63) is 66.2 Å². The van der Waals surface area contributed by atoms with Crippen LogP contribution in [0.25, 0.3) is 10.9 Å². The predicted octanol–water partition coefficient (Wildman–Crippen LogP) is 3.12. The van der Waals surface area contributed by atoms with Gasteiger partial charge in [0.2, 0.25) is 11.8 Å². The highest BCUT2D eigenvalue weighted by Crippen LogP contribution is 2.29. The van der Waals surface area contributed by atoms with Gasteiger partial charge in [0, 0.05) is 42.9 Å².